The van der Waals surface area contributed by atoms with Crippen LogP contribution >= 0.6 is 0 Å². The Kier molecular flexibility index (Phi) is 19.0. The van der Waals surface area contributed by atoms with Gasteiger partial charge in [-0.15, -0.1) is 0 Å². The highest BCUT2D eigenvalue weighted by molar-refractivity contribution is 5.70. The van der Waals surface area contributed by atoms with Gasteiger partial charge in [0.2, 0.25) is 0 Å². The first kappa shape index (κ1) is 29.2. The molecular weight excluding hydrogens is 404 g/mol. The molecule has 0 fully saturated rings. The normalized spacial score (nSPS) is 11.0. The van der Waals surface area contributed by atoms with Crippen molar-refractivity contribution < 1.29 is 28.6 Å². The zero-order valence-corrected chi connectivity index (χ0v) is 19.5. The molecule has 0 aliphatic carbocycles. The highest BCUT2D eigenvalue weighted by Crippen LogP contribution is 2.01. The van der Waals surface area contributed by atoms with E-state index in [1.165, 1.54) is 0 Å². The standard InChI is InChI=1S/C21H42N4O6/c1-4-29-19(26)7-13-24(14-8-20(27)30-5-2)17-18-25(16-12-23-11-10-22)15-9-21(28)31-6-3/h23H,4-18,22H2,1-3H3. The number of rotatable bonds is 20. The number of nitrogens with one attached hydrogen (secondary N) is 1. The first-order valence-electron chi connectivity index (χ1n) is 11.3. The SMILES string of the molecule is CCOC(=O)CCN(CCNCCN)CCN(CCC(=O)OCC)CCC(=O)OCC. The minimum absolute atomic E-state index is 0.219. The van der Waals surface area contributed by atoms with Crippen molar-refractivity contribution in [3.05, 3.63) is 0 Å². The summed E-state index contributed by atoms with van der Waals surface area (Å²) in [5.41, 5.74) is 5.51. The van der Waals surface area contributed by atoms with E-state index >= 15 is 0 Å². The first-order chi connectivity index (χ1) is 15.0. The molecule has 0 saturated carbocycles. The molecule has 0 radical (unpaired) electrons. The Labute approximate surface area is 186 Å². The molecule has 0 aliphatic heterocycles. The van der Waals surface area contributed by atoms with Gasteiger partial charge in [0.25, 0.3) is 0 Å². The van der Waals surface area contributed by atoms with Crippen molar-refractivity contribution in [2.45, 2.75) is 40.0 Å². The number of hydrogen-bond donors (Lipinski definition) is 2. The Bertz CT molecular complexity index is 470. The van der Waals surface area contributed by atoms with Crippen molar-refractivity contribution in [2.75, 3.05) is 78.7 Å². The molecule has 0 aliphatic rings. The number of ether oxygens (including phenoxy) is 3. The van der Waals surface area contributed by atoms with Gasteiger partial charge < -0.3 is 35.1 Å². The van der Waals surface area contributed by atoms with Crippen LogP contribution in [0.25, 0.3) is 0 Å². The van der Waals surface area contributed by atoms with Gasteiger partial charge in [-0.3, -0.25) is 14.4 Å². The van der Waals surface area contributed by atoms with Crippen LogP contribution in [0.5, 0.6) is 0 Å². The second-order valence-electron chi connectivity index (χ2n) is 6.89. The summed E-state index contributed by atoms with van der Waals surface area (Å²) in [5, 5.41) is 3.26. The zero-order valence-electron chi connectivity index (χ0n) is 19.5. The highest BCUT2D eigenvalue weighted by atomic mass is 16.5. The number of nitrogens with zero attached hydrogens (tertiary/aromatic N) is 2. The molecule has 0 bridgehead atoms. The molecule has 0 rings (SSSR count). The largest absolute Gasteiger partial charge is 0.466 e. The van der Waals surface area contributed by atoms with Gasteiger partial charge in [-0.2, -0.15) is 0 Å². The molecule has 0 saturated heterocycles. The van der Waals surface area contributed by atoms with E-state index in [9.17, 15) is 14.4 Å². The molecule has 0 unspecified atom stereocenters. The molecule has 0 spiro atoms. The van der Waals surface area contributed by atoms with Gasteiger partial charge in [0.15, 0.2) is 0 Å². The molecule has 0 aromatic heterocycles. The van der Waals surface area contributed by atoms with Gasteiger partial charge in [-0.05, 0) is 20.8 Å². The van der Waals surface area contributed by atoms with E-state index in [1.54, 1.807) is 20.8 Å². The predicted octanol–water partition coefficient (Wildman–Crippen LogP) is -0.00170. The number of hydrogen-bond acceptors (Lipinski definition) is 10. The van der Waals surface area contributed by atoms with Crippen LogP contribution in [0.2, 0.25) is 0 Å². The molecule has 0 aromatic rings. The average molecular weight is 447 g/mol. The second-order valence-corrected chi connectivity index (χ2v) is 6.89. The molecule has 182 valence electrons. The highest BCUT2D eigenvalue weighted by Gasteiger charge is 2.15. The van der Waals surface area contributed by atoms with E-state index in [2.05, 4.69) is 15.1 Å². The maximum atomic E-state index is 11.7. The fourth-order valence-electron chi connectivity index (χ4n) is 2.87. The summed E-state index contributed by atoms with van der Waals surface area (Å²) in [6.07, 6.45) is 0.839. The van der Waals surface area contributed by atoms with Crippen LogP contribution < -0.4 is 11.1 Å². The van der Waals surface area contributed by atoms with Crippen molar-refractivity contribution in [1.29, 1.82) is 0 Å². The Hall–Kier alpha value is -1.75. The third-order valence-corrected chi connectivity index (χ3v) is 4.47. The van der Waals surface area contributed by atoms with Gasteiger partial charge in [0.05, 0.1) is 39.1 Å². The van der Waals surface area contributed by atoms with E-state index in [4.69, 9.17) is 19.9 Å². The number of esters is 3. The van der Waals surface area contributed by atoms with Crippen LogP contribution in [0.4, 0.5) is 0 Å². The van der Waals surface area contributed by atoms with Crippen LogP contribution in [0.15, 0.2) is 0 Å². The van der Waals surface area contributed by atoms with Crippen LogP contribution in [-0.2, 0) is 28.6 Å². The lowest BCUT2D eigenvalue weighted by molar-refractivity contribution is -0.145. The summed E-state index contributed by atoms with van der Waals surface area (Å²) in [6.45, 7) is 12.1. The molecule has 10 heteroatoms. The van der Waals surface area contributed by atoms with Gasteiger partial charge in [-0.25, -0.2) is 0 Å². The van der Waals surface area contributed by atoms with Crippen molar-refractivity contribution >= 4 is 17.9 Å². The third kappa shape index (κ3) is 17.6. The van der Waals surface area contributed by atoms with E-state index in [1.807, 2.05) is 0 Å². The van der Waals surface area contributed by atoms with Gasteiger partial charge in [0, 0.05) is 58.9 Å². The summed E-state index contributed by atoms with van der Waals surface area (Å²) < 4.78 is 15.0. The quantitative estimate of drug-likeness (QED) is 0.150. The zero-order chi connectivity index (χ0) is 23.3. The number of carbonyl (C=O) groups is 3. The Balaban J connectivity index is 4.76. The van der Waals surface area contributed by atoms with Crippen LogP contribution in [-0.4, -0.2) is 106 Å². The van der Waals surface area contributed by atoms with Crippen molar-refractivity contribution in [2.24, 2.45) is 5.73 Å². The molecule has 3 N–H and O–H groups in total. The summed E-state index contributed by atoms with van der Waals surface area (Å²) in [4.78, 5) is 39.5. The van der Waals surface area contributed by atoms with Crippen LogP contribution in [0.1, 0.15) is 40.0 Å². The smallest absolute Gasteiger partial charge is 0.307 e. The van der Waals surface area contributed by atoms with Gasteiger partial charge in [-0.1, -0.05) is 0 Å². The van der Waals surface area contributed by atoms with E-state index in [-0.39, 0.29) is 30.7 Å². The maximum Gasteiger partial charge on any atom is 0.307 e. The summed E-state index contributed by atoms with van der Waals surface area (Å²) in [5.74, 6) is -0.730. The molecule has 0 amide bonds. The topological polar surface area (TPSA) is 123 Å². The van der Waals surface area contributed by atoms with E-state index < -0.39 is 0 Å². The Morgan fingerprint density at radius 1 is 0.645 bits per heavy atom. The minimum atomic E-state index is -0.256. The monoisotopic (exact) mass is 446 g/mol. The average Bonchev–Trinajstić information content (AvgIpc) is 2.74. The molecule has 10 nitrogen and oxygen atoms in total. The maximum absolute atomic E-state index is 11.7. The molecule has 0 atom stereocenters. The summed E-state index contributed by atoms with van der Waals surface area (Å²) in [7, 11) is 0. The fraction of sp³-hybridized carbons (Fsp3) is 0.857. The second kappa shape index (κ2) is 20.2. The molecule has 31 heavy (non-hydrogen) atoms. The lowest BCUT2D eigenvalue weighted by Crippen LogP contribution is -2.41. The van der Waals surface area contributed by atoms with Gasteiger partial charge in [0.1, 0.15) is 0 Å². The van der Waals surface area contributed by atoms with Gasteiger partial charge >= 0.3 is 17.9 Å². The van der Waals surface area contributed by atoms with E-state index in [0.717, 1.165) is 19.6 Å². The summed E-state index contributed by atoms with van der Waals surface area (Å²) >= 11 is 0. The summed E-state index contributed by atoms with van der Waals surface area (Å²) in [6, 6.07) is 0. The van der Waals surface area contributed by atoms with E-state index in [0.29, 0.717) is 65.5 Å². The van der Waals surface area contributed by atoms with Crippen molar-refractivity contribution in [1.82, 2.24) is 15.1 Å². The van der Waals surface area contributed by atoms with Crippen molar-refractivity contribution in [3.8, 4) is 0 Å². The van der Waals surface area contributed by atoms with Crippen LogP contribution in [0, 0.1) is 0 Å². The minimum Gasteiger partial charge on any atom is -0.466 e. The third-order valence-electron chi connectivity index (χ3n) is 4.47. The fourth-order valence-corrected chi connectivity index (χ4v) is 2.87. The predicted molar refractivity (Wildman–Crippen MR) is 119 cm³/mol. The molecule has 0 heterocycles. The molecular formula is C21H42N4O6. The van der Waals surface area contributed by atoms with Crippen LogP contribution in [0.3, 0.4) is 0 Å². The first-order valence-corrected chi connectivity index (χ1v) is 11.3. The Morgan fingerprint density at radius 3 is 1.39 bits per heavy atom. The lowest BCUT2D eigenvalue weighted by Gasteiger charge is -2.27. The lowest BCUT2D eigenvalue weighted by atomic mass is 10.3. The molecule has 0 aromatic carbocycles. The Morgan fingerprint density at radius 2 is 1.03 bits per heavy atom. The number of nitrogens with two attached hydrogens (primary N) is 1. The van der Waals surface area contributed by atoms with Crippen molar-refractivity contribution in [3.63, 3.8) is 0 Å². The number of carbonyl (C=O) groups excluding carboxylic acids is 3.